The van der Waals surface area contributed by atoms with E-state index in [-0.39, 0.29) is 28.1 Å². The van der Waals surface area contributed by atoms with Crippen LogP contribution >= 0.6 is 11.6 Å². The molecule has 150 valence electrons. The molecular formula is C20H28ClNO5. The van der Waals surface area contributed by atoms with Gasteiger partial charge in [-0.25, -0.2) is 9.59 Å². The van der Waals surface area contributed by atoms with E-state index < -0.39 is 18.5 Å². The second kappa shape index (κ2) is 9.31. The van der Waals surface area contributed by atoms with Crippen molar-refractivity contribution in [3.05, 3.63) is 22.7 Å². The molecule has 1 aliphatic carbocycles. The van der Waals surface area contributed by atoms with E-state index in [1.807, 2.05) is 0 Å². The van der Waals surface area contributed by atoms with Gasteiger partial charge in [0, 0.05) is 6.07 Å². The van der Waals surface area contributed by atoms with Gasteiger partial charge in [-0.1, -0.05) is 38.8 Å². The zero-order chi connectivity index (χ0) is 20.1. The van der Waals surface area contributed by atoms with E-state index in [0.717, 1.165) is 19.3 Å². The highest BCUT2D eigenvalue weighted by Gasteiger charge is 2.33. The number of benzene rings is 1. The summed E-state index contributed by atoms with van der Waals surface area (Å²) in [5, 5.41) is 0.210. The molecule has 0 heterocycles. The summed E-state index contributed by atoms with van der Waals surface area (Å²) in [6.45, 7) is 5.98. The van der Waals surface area contributed by atoms with Crippen LogP contribution < -0.4 is 10.5 Å². The van der Waals surface area contributed by atoms with Crippen molar-refractivity contribution in [3.63, 3.8) is 0 Å². The van der Waals surface area contributed by atoms with Crippen molar-refractivity contribution in [1.29, 1.82) is 0 Å². The van der Waals surface area contributed by atoms with Crippen LogP contribution in [0.25, 0.3) is 0 Å². The number of methoxy groups -OCH3 is 1. The Morgan fingerprint density at radius 3 is 2.63 bits per heavy atom. The lowest BCUT2D eigenvalue weighted by Gasteiger charge is -2.36. The number of anilines is 1. The lowest BCUT2D eigenvalue weighted by atomic mass is 9.75. The van der Waals surface area contributed by atoms with Gasteiger partial charge < -0.3 is 19.9 Å². The number of carbonyl (C=O) groups excluding carboxylic acids is 2. The van der Waals surface area contributed by atoms with Crippen molar-refractivity contribution in [3.8, 4) is 5.75 Å². The van der Waals surface area contributed by atoms with Crippen LogP contribution in [0.3, 0.4) is 0 Å². The average molecular weight is 398 g/mol. The van der Waals surface area contributed by atoms with Crippen molar-refractivity contribution < 1.29 is 23.8 Å². The standard InChI is InChI=1S/C20H28ClNO5/c1-11(2)13-6-5-12(3)7-18(13)27-19(23)10-26-20(24)14-8-15(21)16(22)9-17(14)25-4/h8-9,11-13,18H,5-7,10,22H2,1-4H3/t12-,13+,18-/m1/s1. The Kier molecular flexibility index (Phi) is 7.36. The van der Waals surface area contributed by atoms with Crippen molar-refractivity contribution in [2.24, 2.45) is 17.8 Å². The molecule has 0 unspecified atom stereocenters. The molecule has 7 heteroatoms. The number of rotatable bonds is 6. The first-order valence-corrected chi connectivity index (χ1v) is 9.60. The monoisotopic (exact) mass is 397 g/mol. The molecule has 2 rings (SSSR count). The molecule has 0 amide bonds. The fourth-order valence-electron chi connectivity index (χ4n) is 3.55. The maximum absolute atomic E-state index is 12.3. The quantitative estimate of drug-likeness (QED) is 0.574. The predicted molar refractivity (Wildman–Crippen MR) is 104 cm³/mol. The maximum atomic E-state index is 12.3. The Morgan fingerprint density at radius 1 is 1.30 bits per heavy atom. The summed E-state index contributed by atoms with van der Waals surface area (Å²) < 4.78 is 15.9. The van der Waals surface area contributed by atoms with Crippen molar-refractivity contribution in [1.82, 2.24) is 0 Å². The molecule has 1 aromatic rings. The average Bonchev–Trinajstić information content (AvgIpc) is 2.61. The molecule has 1 aromatic carbocycles. The normalized spacial score (nSPS) is 22.4. The molecular weight excluding hydrogens is 370 g/mol. The van der Waals surface area contributed by atoms with Crippen LogP contribution in [0.5, 0.6) is 5.75 Å². The highest BCUT2D eigenvalue weighted by Crippen LogP contribution is 2.35. The summed E-state index contributed by atoms with van der Waals surface area (Å²) in [7, 11) is 1.41. The van der Waals surface area contributed by atoms with Crippen LogP contribution in [0, 0.1) is 17.8 Å². The molecule has 0 radical (unpaired) electrons. The van der Waals surface area contributed by atoms with Gasteiger partial charge in [-0.3, -0.25) is 0 Å². The third-order valence-electron chi connectivity index (χ3n) is 5.10. The second-order valence-corrected chi connectivity index (χ2v) is 7.91. The zero-order valence-electron chi connectivity index (χ0n) is 16.3. The third-order valence-corrected chi connectivity index (χ3v) is 5.43. The molecule has 0 bridgehead atoms. The molecule has 0 aromatic heterocycles. The Bertz CT molecular complexity index is 691. The van der Waals surface area contributed by atoms with Gasteiger partial charge in [0.25, 0.3) is 0 Å². The lowest BCUT2D eigenvalue weighted by Crippen LogP contribution is -2.36. The van der Waals surface area contributed by atoms with E-state index in [0.29, 0.717) is 17.8 Å². The van der Waals surface area contributed by atoms with Gasteiger partial charge in [-0.05, 0) is 36.7 Å². The first-order valence-electron chi connectivity index (χ1n) is 9.22. The second-order valence-electron chi connectivity index (χ2n) is 7.50. The highest BCUT2D eigenvalue weighted by atomic mass is 35.5. The van der Waals surface area contributed by atoms with Crippen molar-refractivity contribution >= 4 is 29.2 Å². The van der Waals surface area contributed by atoms with E-state index in [9.17, 15) is 9.59 Å². The maximum Gasteiger partial charge on any atom is 0.344 e. The third kappa shape index (κ3) is 5.51. The largest absolute Gasteiger partial charge is 0.496 e. The van der Waals surface area contributed by atoms with Gasteiger partial charge in [0.05, 0.1) is 17.8 Å². The summed E-state index contributed by atoms with van der Waals surface area (Å²) in [5.41, 5.74) is 6.10. The first kappa shape index (κ1) is 21.4. The Hall–Kier alpha value is -1.95. The number of nitrogens with two attached hydrogens (primary N) is 1. The fourth-order valence-corrected chi connectivity index (χ4v) is 3.72. The van der Waals surface area contributed by atoms with Gasteiger partial charge in [0.2, 0.25) is 0 Å². The molecule has 1 saturated carbocycles. The van der Waals surface area contributed by atoms with Crippen LogP contribution in [-0.4, -0.2) is 31.8 Å². The molecule has 0 spiro atoms. The number of hydrogen-bond acceptors (Lipinski definition) is 6. The van der Waals surface area contributed by atoms with Crippen LogP contribution in [0.1, 0.15) is 50.4 Å². The Labute approximate surface area is 165 Å². The van der Waals surface area contributed by atoms with Crippen LogP contribution in [-0.2, 0) is 14.3 Å². The van der Waals surface area contributed by atoms with Gasteiger partial charge in [-0.2, -0.15) is 0 Å². The molecule has 1 fully saturated rings. The van der Waals surface area contributed by atoms with E-state index >= 15 is 0 Å². The van der Waals surface area contributed by atoms with Crippen molar-refractivity contribution in [2.45, 2.75) is 46.1 Å². The Morgan fingerprint density at radius 2 is 2.00 bits per heavy atom. The summed E-state index contributed by atoms with van der Waals surface area (Å²) in [5.74, 6) is 0.241. The molecule has 27 heavy (non-hydrogen) atoms. The minimum absolute atomic E-state index is 0.107. The van der Waals surface area contributed by atoms with E-state index in [1.54, 1.807) is 0 Å². The van der Waals surface area contributed by atoms with Gasteiger partial charge >= 0.3 is 11.9 Å². The molecule has 6 nitrogen and oxygen atoms in total. The predicted octanol–water partition coefficient (Wildman–Crippen LogP) is 4.09. The van der Waals surface area contributed by atoms with E-state index in [1.165, 1.54) is 19.2 Å². The molecule has 1 aliphatic rings. The van der Waals surface area contributed by atoms with Gasteiger partial charge in [0.15, 0.2) is 6.61 Å². The van der Waals surface area contributed by atoms with E-state index in [2.05, 4.69) is 20.8 Å². The zero-order valence-corrected chi connectivity index (χ0v) is 17.0. The SMILES string of the molecule is COc1cc(N)c(Cl)cc1C(=O)OCC(=O)O[C@@H]1C[C@H](C)CC[C@H]1C(C)C. The van der Waals surface area contributed by atoms with Crippen LogP contribution in [0.2, 0.25) is 5.02 Å². The minimum atomic E-state index is -0.719. The number of halogens is 1. The number of esters is 2. The lowest BCUT2D eigenvalue weighted by molar-refractivity contribution is -0.159. The number of ether oxygens (including phenoxy) is 3. The minimum Gasteiger partial charge on any atom is -0.496 e. The summed E-state index contributed by atoms with van der Waals surface area (Å²) >= 11 is 5.96. The number of hydrogen-bond donors (Lipinski definition) is 1. The summed E-state index contributed by atoms with van der Waals surface area (Å²) in [6.07, 6.45) is 2.88. The molecule has 0 aliphatic heterocycles. The smallest absolute Gasteiger partial charge is 0.344 e. The molecule has 0 saturated heterocycles. The van der Waals surface area contributed by atoms with Crippen molar-refractivity contribution in [2.75, 3.05) is 19.5 Å². The first-order chi connectivity index (χ1) is 12.7. The number of nitrogen functional groups attached to an aromatic ring is 1. The summed E-state index contributed by atoms with van der Waals surface area (Å²) in [6, 6.07) is 2.80. The van der Waals surface area contributed by atoms with Crippen LogP contribution in [0.15, 0.2) is 12.1 Å². The number of carbonyl (C=O) groups is 2. The molecule has 2 N–H and O–H groups in total. The summed E-state index contributed by atoms with van der Waals surface area (Å²) in [4.78, 5) is 24.5. The van der Waals surface area contributed by atoms with Gasteiger partial charge in [-0.15, -0.1) is 0 Å². The van der Waals surface area contributed by atoms with Crippen LogP contribution in [0.4, 0.5) is 5.69 Å². The highest BCUT2D eigenvalue weighted by molar-refractivity contribution is 6.33. The van der Waals surface area contributed by atoms with Gasteiger partial charge in [0.1, 0.15) is 17.4 Å². The topological polar surface area (TPSA) is 87.9 Å². The Balaban J connectivity index is 1.97. The fraction of sp³-hybridized carbons (Fsp3) is 0.600. The van der Waals surface area contributed by atoms with E-state index in [4.69, 9.17) is 31.5 Å². The molecule has 3 atom stereocenters.